The Bertz CT molecular complexity index is 1690. The summed E-state index contributed by atoms with van der Waals surface area (Å²) in [7, 11) is 3.06. The van der Waals surface area contributed by atoms with Crippen molar-refractivity contribution in [2.24, 2.45) is 0 Å². The Kier molecular flexibility index (Phi) is 10.8. The number of aryl methyl sites for hydroxylation is 2. The van der Waals surface area contributed by atoms with Crippen LogP contribution in [-0.4, -0.2) is 37.2 Å². The summed E-state index contributed by atoms with van der Waals surface area (Å²) >= 11 is 1.38. The number of hydrogen-bond donors (Lipinski definition) is 3. The van der Waals surface area contributed by atoms with Crippen LogP contribution in [0.4, 0.5) is 11.4 Å². The Morgan fingerprint density at radius 3 is 2.27 bits per heavy atom. The van der Waals surface area contributed by atoms with Crippen LogP contribution < -0.4 is 25.4 Å². The van der Waals surface area contributed by atoms with Gasteiger partial charge in [-0.3, -0.25) is 14.4 Å². The number of nitrogens with one attached hydrogen (secondary N) is 3. The highest BCUT2D eigenvalue weighted by atomic mass is 32.2. The van der Waals surface area contributed by atoms with E-state index in [1.807, 2.05) is 51.1 Å². The lowest BCUT2D eigenvalue weighted by atomic mass is 10.1. The molecule has 1 unspecified atom stereocenters. The van der Waals surface area contributed by atoms with Crippen LogP contribution in [0.2, 0.25) is 0 Å². The molecule has 4 aromatic carbocycles. The minimum absolute atomic E-state index is 0.0328. The van der Waals surface area contributed by atoms with Crippen LogP contribution in [0.1, 0.15) is 34.0 Å². The molecule has 3 N–H and O–H groups in total. The highest BCUT2D eigenvalue weighted by molar-refractivity contribution is 8.00. The van der Waals surface area contributed by atoms with E-state index in [0.29, 0.717) is 28.3 Å². The van der Waals surface area contributed by atoms with E-state index in [1.165, 1.54) is 26.0 Å². The molecule has 4 rings (SSSR count). The molecule has 0 heterocycles. The fourth-order valence-electron chi connectivity index (χ4n) is 4.26. The van der Waals surface area contributed by atoms with E-state index in [2.05, 4.69) is 16.0 Å². The number of rotatable bonds is 11. The number of amides is 3. The number of methoxy groups -OCH3 is 2. The summed E-state index contributed by atoms with van der Waals surface area (Å²) in [6, 6.07) is 27.0. The number of carbonyl (C=O) groups is 3. The third kappa shape index (κ3) is 8.52. The summed E-state index contributed by atoms with van der Waals surface area (Å²) in [6.45, 7) is 5.77. The summed E-state index contributed by atoms with van der Waals surface area (Å²) in [4.78, 5) is 40.3. The molecular weight excluding hydrogens is 574 g/mol. The van der Waals surface area contributed by atoms with E-state index in [0.717, 1.165) is 21.7 Å². The van der Waals surface area contributed by atoms with Gasteiger partial charge in [0.15, 0.2) is 11.5 Å². The van der Waals surface area contributed by atoms with Crippen LogP contribution in [0, 0.1) is 13.8 Å². The first-order valence-corrected chi connectivity index (χ1v) is 14.8. The average molecular weight is 610 g/mol. The molecule has 0 bridgehead atoms. The number of benzene rings is 4. The molecule has 0 spiro atoms. The van der Waals surface area contributed by atoms with E-state index < -0.39 is 17.1 Å². The molecule has 0 aliphatic heterocycles. The topological polar surface area (TPSA) is 106 Å². The molecule has 0 aliphatic carbocycles. The van der Waals surface area contributed by atoms with E-state index >= 15 is 0 Å². The molecule has 0 aliphatic rings. The Morgan fingerprint density at radius 1 is 0.795 bits per heavy atom. The number of anilines is 2. The van der Waals surface area contributed by atoms with Crippen molar-refractivity contribution in [3.8, 4) is 11.5 Å². The molecule has 0 aromatic heterocycles. The molecule has 4 aromatic rings. The van der Waals surface area contributed by atoms with Crippen LogP contribution in [0.5, 0.6) is 11.5 Å². The van der Waals surface area contributed by atoms with Crippen LogP contribution in [0.25, 0.3) is 6.08 Å². The Hall–Kier alpha value is -5.02. The predicted octanol–water partition coefficient (Wildman–Crippen LogP) is 6.85. The summed E-state index contributed by atoms with van der Waals surface area (Å²) < 4.78 is 10.7. The molecule has 3 amide bonds. The first kappa shape index (κ1) is 31.9. The van der Waals surface area contributed by atoms with Gasteiger partial charge in [0.05, 0.1) is 19.5 Å². The van der Waals surface area contributed by atoms with E-state index in [1.54, 1.807) is 66.7 Å². The number of ether oxygens (including phenoxy) is 2. The van der Waals surface area contributed by atoms with Crippen molar-refractivity contribution in [3.05, 3.63) is 119 Å². The van der Waals surface area contributed by atoms with Gasteiger partial charge in [0.25, 0.3) is 11.8 Å². The zero-order chi connectivity index (χ0) is 31.6. The van der Waals surface area contributed by atoms with E-state index in [9.17, 15) is 14.4 Å². The summed E-state index contributed by atoms with van der Waals surface area (Å²) in [5.41, 5.74) is 4.41. The Labute approximate surface area is 261 Å². The molecule has 0 saturated heterocycles. The number of hydrogen-bond acceptors (Lipinski definition) is 6. The van der Waals surface area contributed by atoms with E-state index in [-0.39, 0.29) is 11.6 Å². The monoisotopic (exact) mass is 609 g/mol. The molecule has 1 atom stereocenters. The maximum absolute atomic E-state index is 13.5. The molecule has 9 heteroatoms. The summed E-state index contributed by atoms with van der Waals surface area (Å²) in [5.74, 6) is -0.0552. The van der Waals surface area contributed by atoms with Gasteiger partial charge in [0, 0.05) is 21.8 Å². The van der Waals surface area contributed by atoms with Gasteiger partial charge in [-0.25, -0.2) is 0 Å². The minimum Gasteiger partial charge on any atom is -0.493 e. The second-order valence-electron chi connectivity index (χ2n) is 10.0. The van der Waals surface area contributed by atoms with Crippen molar-refractivity contribution >= 4 is 46.9 Å². The van der Waals surface area contributed by atoms with Crippen LogP contribution in [-0.2, 0) is 9.59 Å². The minimum atomic E-state index is -0.521. The van der Waals surface area contributed by atoms with Crippen molar-refractivity contribution in [3.63, 3.8) is 0 Å². The van der Waals surface area contributed by atoms with Crippen molar-refractivity contribution in [2.45, 2.75) is 30.9 Å². The molecule has 0 radical (unpaired) electrons. The fraction of sp³-hybridized carbons (Fsp3) is 0.171. The summed E-state index contributed by atoms with van der Waals surface area (Å²) in [5, 5.41) is 8.23. The predicted molar refractivity (Wildman–Crippen MR) is 176 cm³/mol. The highest BCUT2D eigenvalue weighted by Crippen LogP contribution is 2.29. The quantitative estimate of drug-likeness (QED) is 0.127. The smallest absolute Gasteiger partial charge is 0.272 e. The van der Waals surface area contributed by atoms with Gasteiger partial charge in [-0.2, -0.15) is 0 Å². The largest absolute Gasteiger partial charge is 0.493 e. The third-order valence-electron chi connectivity index (χ3n) is 6.67. The lowest BCUT2D eigenvalue weighted by Crippen LogP contribution is -2.30. The SMILES string of the molecule is COc1ccc(/C=C(/NC(=O)c2ccccc2)C(=O)Nc2cccc(SC(C)C(=O)Nc3cc(C)ccc3C)c2)cc1OC. The van der Waals surface area contributed by atoms with Gasteiger partial charge in [-0.05, 0) is 92.1 Å². The van der Waals surface area contributed by atoms with Crippen LogP contribution in [0.3, 0.4) is 0 Å². The zero-order valence-corrected chi connectivity index (χ0v) is 26.1. The fourth-order valence-corrected chi connectivity index (χ4v) is 5.19. The molecule has 44 heavy (non-hydrogen) atoms. The molecule has 0 saturated carbocycles. The van der Waals surface area contributed by atoms with Gasteiger partial charge >= 0.3 is 0 Å². The van der Waals surface area contributed by atoms with Crippen LogP contribution >= 0.6 is 11.8 Å². The first-order chi connectivity index (χ1) is 21.2. The molecule has 226 valence electrons. The second kappa shape index (κ2) is 14.9. The average Bonchev–Trinajstić information content (AvgIpc) is 3.02. The standard InChI is InChI=1S/C35H35N3O5S/c1-22-14-15-23(2)29(18-22)37-33(39)24(3)44-28-13-9-12-27(21-28)36-35(41)30(38-34(40)26-10-7-6-8-11-26)19-25-16-17-31(42-4)32(20-25)43-5/h6-21,24H,1-5H3,(H,36,41)(H,37,39)(H,38,40)/b30-19+. The lowest BCUT2D eigenvalue weighted by Gasteiger charge is -2.15. The maximum Gasteiger partial charge on any atom is 0.272 e. The Morgan fingerprint density at radius 2 is 1.55 bits per heavy atom. The lowest BCUT2D eigenvalue weighted by molar-refractivity contribution is -0.115. The third-order valence-corrected chi connectivity index (χ3v) is 7.77. The van der Waals surface area contributed by atoms with Crippen molar-refractivity contribution in [1.29, 1.82) is 0 Å². The normalized spacial score (nSPS) is 11.7. The van der Waals surface area contributed by atoms with E-state index in [4.69, 9.17) is 9.47 Å². The second-order valence-corrected chi connectivity index (χ2v) is 11.5. The zero-order valence-electron chi connectivity index (χ0n) is 25.3. The molecule has 8 nitrogen and oxygen atoms in total. The van der Waals surface area contributed by atoms with Crippen molar-refractivity contribution < 1.29 is 23.9 Å². The number of thioether (sulfide) groups is 1. The van der Waals surface area contributed by atoms with Gasteiger partial charge in [0.2, 0.25) is 5.91 Å². The summed E-state index contributed by atoms with van der Waals surface area (Å²) in [6.07, 6.45) is 1.57. The highest BCUT2D eigenvalue weighted by Gasteiger charge is 2.18. The number of carbonyl (C=O) groups excluding carboxylic acids is 3. The van der Waals surface area contributed by atoms with Crippen molar-refractivity contribution in [1.82, 2.24) is 5.32 Å². The molecule has 0 fully saturated rings. The van der Waals surface area contributed by atoms with Crippen molar-refractivity contribution in [2.75, 3.05) is 24.9 Å². The molecular formula is C35H35N3O5S. The van der Waals surface area contributed by atoms with Gasteiger partial charge in [-0.1, -0.05) is 42.5 Å². The van der Waals surface area contributed by atoms with Gasteiger partial charge in [0.1, 0.15) is 5.70 Å². The van der Waals surface area contributed by atoms with Gasteiger partial charge in [-0.15, -0.1) is 11.8 Å². The van der Waals surface area contributed by atoms with Gasteiger partial charge < -0.3 is 25.4 Å². The first-order valence-electron chi connectivity index (χ1n) is 13.9. The Balaban J connectivity index is 1.52. The maximum atomic E-state index is 13.5. The van der Waals surface area contributed by atoms with Crippen LogP contribution in [0.15, 0.2) is 102 Å².